The highest BCUT2D eigenvalue weighted by molar-refractivity contribution is 5.81. The number of primary amides is 1. The van der Waals surface area contributed by atoms with E-state index in [1.54, 1.807) is 13.8 Å². The number of epoxide rings is 1. The zero-order valence-electron chi connectivity index (χ0n) is 7.70. The van der Waals surface area contributed by atoms with Gasteiger partial charge in [0.15, 0.2) is 0 Å². The van der Waals surface area contributed by atoms with Crippen LogP contribution in [0.5, 0.6) is 0 Å². The van der Waals surface area contributed by atoms with Gasteiger partial charge in [-0.05, 0) is 20.8 Å². The molecule has 0 spiro atoms. The van der Waals surface area contributed by atoms with Gasteiger partial charge in [0.05, 0.1) is 11.5 Å². The molecule has 0 bridgehead atoms. The summed E-state index contributed by atoms with van der Waals surface area (Å²) >= 11 is 0. The summed E-state index contributed by atoms with van der Waals surface area (Å²) in [5, 5.41) is 0. The second-order valence-corrected chi connectivity index (χ2v) is 3.97. The van der Waals surface area contributed by atoms with Gasteiger partial charge in [0.1, 0.15) is 6.10 Å². The molecule has 1 aliphatic rings. The number of amides is 1. The predicted octanol–water partition coefficient (Wildman–Crippen LogP) is -0.387. The van der Waals surface area contributed by atoms with Crippen molar-refractivity contribution in [3.05, 3.63) is 0 Å². The van der Waals surface area contributed by atoms with Gasteiger partial charge in [0.2, 0.25) is 5.91 Å². The molecule has 0 aliphatic carbocycles. The fraction of sp³-hybridized carbons (Fsp3) is 0.875. The van der Waals surface area contributed by atoms with Gasteiger partial charge in [-0.1, -0.05) is 0 Å². The van der Waals surface area contributed by atoms with Crippen LogP contribution in [0.1, 0.15) is 20.8 Å². The van der Waals surface area contributed by atoms with Gasteiger partial charge in [-0.15, -0.1) is 0 Å². The van der Waals surface area contributed by atoms with Crippen LogP contribution >= 0.6 is 0 Å². The molecule has 0 saturated carbocycles. The van der Waals surface area contributed by atoms with Gasteiger partial charge in [-0.3, -0.25) is 4.79 Å². The van der Waals surface area contributed by atoms with Crippen LogP contribution in [0.4, 0.5) is 0 Å². The molecule has 4 nitrogen and oxygen atoms in total. The zero-order chi connectivity index (χ0) is 9.52. The third kappa shape index (κ3) is 1.44. The van der Waals surface area contributed by atoms with Crippen molar-refractivity contribution in [1.82, 2.24) is 0 Å². The number of nitrogens with two attached hydrogens (primary N) is 2. The Labute approximate surface area is 72.2 Å². The average Bonchev–Trinajstić information content (AvgIpc) is 2.63. The molecule has 4 heteroatoms. The molecular weight excluding hydrogens is 156 g/mol. The van der Waals surface area contributed by atoms with Crippen LogP contribution in [0.2, 0.25) is 0 Å². The fourth-order valence-electron chi connectivity index (χ4n) is 1.24. The zero-order valence-corrected chi connectivity index (χ0v) is 7.70. The van der Waals surface area contributed by atoms with Crippen molar-refractivity contribution in [2.75, 3.05) is 0 Å². The smallest absolute Gasteiger partial charge is 0.225 e. The van der Waals surface area contributed by atoms with Crippen LogP contribution in [0.25, 0.3) is 0 Å². The lowest BCUT2D eigenvalue weighted by molar-refractivity contribution is -0.126. The van der Waals surface area contributed by atoms with E-state index in [0.717, 1.165) is 0 Å². The van der Waals surface area contributed by atoms with Crippen LogP contribution in [-0.4, -0.2) is 24.2 Å². The molecule has 3 atom stereocenters. The second kappa shape index (κ2) is 2.71. The Morgan fingerprint density at radius 2 is 2.08 bits per heavy atom. The third-order valence-corrected chi connectivity index (χ3v) is 2.39. The van der Waals surface area contributed by atoms with E-state index in [1.165, 1.54) is 0 Å². The molecule has 12 heavy (non-hydrogen) atoms. The Hall–Kier alpha value is -0.610. The molecule has 4 N–H and O–H groups in total. The monoisotopic (exact) mass is 172 g/mol. The van der Waals surface area contributed by atoms with E-state index >= 15 is 0 Å². The molecule has 1 fully saturated rings. The summed E-state index contributed by atoms with van der Waals surface area (Å²) in [5.41, 5.74) is 10.2. The van der Waals surface area contributed by atoms with Gasteiger partial charge in [-0.2, -0.15) is 0 Å². The molecule has 0 aromatic heterocycles. The SMILES string of the molecule is CC(N)C1OC1C(C)(C)C(N)=O. The van der Waals surface area contributed by atoms with Crippen molar-refractivity contribution >= 4 is 5.91 Å². The highest BCUT2D eigenvalue weighted by Crippen LogP contribution is 2.39. The minimum atomic E-state index is -0.599. The number of carbonyl (C=O) groups excluding carboxylic acids is 1. The minimum absolute atomic E-state index is 0.00694. The van der Waals surface area contributed by atoms with E-state index in [0.29, 0.717) is 0 Å². The van der Waals surface area contributed by atoms with Crippen LogP contribution in [0.15, 0.2) is 0 Å². The maximum atomic E-state index is 11.0. The lowest BCUT2D eigenvalue weighted by Crippen LogP contribution is -2.39. The van der Waals surface area contributed by atoms with Crippen LogP contribution < -0.4 is 11.5 Å². The summed E-state index contributed by atoms with van der Waals surface area (Å²) in [7, 11) is 0. The first kappa shape index (κ1) is 9.48. The van der Waals surface area contributed by atoms with Crippen LogP contribution in [0, 0.1) is 5.41 Å². The summed E-state index contributed by atoms with van der Waals surface area (Å²) in [5.74, 6) is -0.337. The first-order valence-corrected chi connectivity index (χ1v) is 4.08. The summed E-state index contributed by atoms with van der Waals surface area (Å²) in [6.07, 6.45) is -0.109. The number of hydrogen-bond acceptors (Lipinski definition) is 3. The van der Waals surface area contributed by atoms with Gasteiger partial charge in [-0.25, -0.2) is 0 Å². The molecular formula is C8H16N2O2. The Morgan fingerprint density at radius 3 is 2.33 bits per heavy atom. The number of carbonyl (C=O) groups is 1. The lowest BCUT2D eigenvalue weighted by Gasteiger charge is -2.17. The number of ether oxygens (including phenoxy) is 1. The van der Waals surface area contributed by atoms with Gasteiger partial charge in [0, 0.05) is 6.04 Å². The van der Waals surface area contributed by atoms with Crippen LogP contribution in [-0.2, 0) is 9.53 Å². The first-order chi connectivity index (χ1) is 5.37. The van der Waals surface area contributed by atoms with Crippen molar-refractivity contribution in [3.63, 3.8) is 0 Å². The molecule has 1 amide bonds. The van der Waals surface area contributed by atoms with Crippen molar-refractivity contribution < 1.29 is 9.53 Å². The molecule has 1 heterocycles. The Balaban J connectivity index is 2.58. The van der Waals surface area contributed by atoms with Crippen molar-refractivity contribution in [2.45, 2.75) is 39.0 Å². The molecule has 0 aromatic carbocycles. The second-order valence-electron chi connectivity index (χ2n) is 3.97. The molecule has 0 aromatic rings. The van der Waals surface area contributed by atoms with Crippen molar-refractivity contribution in [1.29, 1.82) is 0 Å². The highest BCUT2D eigenvalue weighted by atomic mass is 16.6. The van der Waals surface area contributed by atoms with Crippen molar-refractivity contribution in [3.8, 4) is 0 Å². The largest absolute Gasteiger partial charge is 0.369 e. The predicted molar refractivity (Wildman–Crippen MR) is 45.3 cm³/mol. The van der Waals surface area contributed by atoms with E-state index in [2.05, 4.69) is 0 Å². The minimum Gasteiger partial charge on any atom is -0.369 e. The average molecular weight is 172 g/mol. The highest BCUT2D eigenvalue weighted by Gasteiger charge is 2.54. The molecule has 1 saturated heterocycles. The maximum absolute atomic E-state index is 11.0. The Morgan fingerprint density at radius 1 is 1.58 bits per heavy atom. The standard InChI is InChI=1S/C8H16N2O2/c1-4(9)5-6(12-5)8(2,3)7(10)11/h4-6H,9H2,1-3H3,(H2,10,11). The summed E-state index contributed by atoms with van der Waals surface area (Å²) < 4.78 is 5.28. The van der Waals surface area contributed by atoms with E-state index in [4.69, 9.17) is 16.2 Å². The number of hydrogen-bond donors (Lipinski definition) is 2. The van der Waals surface area contributed by atoms with E-state index in [9.17, 15) is 4.79 Å². The molecule has 0 radical (unpaired) electrons. The summed E-state index contributed by atoms with van der Waals surface area (Å²) in [4.78, 5) is 11.0. The lowest BCUT2D eigenvalue weighted by atomic mass is 9.85. The first-order valence-electron chi connectivity index (χ1n) is 4.08. The molecule has 1 rings (SSSR count). The van der Waals surface area contributed by atoms with E-state index in [-0.39, 0.29) is 24.2 Å². The third-order valence-electron chi connectivity index (χ3n) is 2.39. The Kier molecular flexibility index (Phi) is 2.14. The quantitative estimate of drug-likeness (QED) is 0.569. The van der Waals surface area contributed by atoms with Gasteiger partial charge >= 0.3 is 0 Å². The van der Waals surface area contributed by atoms with E-state index < -0.39 is 5.41 Å². The van der Waals surface area contributed by atoms with Gasteiger partial charge in [0.25, 0.3) is 0 Å². The van der Waals surface area contributed by atoms with E-state index in [1.807, 2.05) is 6.92 Å². The molecule has 1 aliphatic heterocycles. The Bertz CT molecular complexity index is 201. The summed E-state index contributed by atoms with van der Waals surface area (Å²) in [6.45, 7) is 5.42. The van der Waals surface area contributed by atoms with Crippen LogP contribution in [0.3, 0.4) is 0 Å². The maximum Gasteiger partial charge on any atom is 0.225 e. The normalized spacial score (nSPS) is 31.3. The fourth-order valence-corrected chi connectivity index (χ4v) is 1.24. The summed E-state index contributed by atoms with van der Waals surface area (Å²) in [6, 6.07) is -0.0337. The number of rotatable bonds is 3. The van der Waals surface area contributed by atoms with Gasteiger partial charge < -0.3 is 16.2 Å². The molecule has 70 valence electrons. The topological polar surface area (TPSA) is 81.6 Å². The van der Waals surface area contributed by atoms with Crippen molar-refractivity contribution in [2.24, 2.45) is 16.9 Å². The molecule has 3 unspecified atom stereocenters.